The highest BCUT2D eigenvalue weighted by Crippen LogP contribution is 2.31. The van der Waals surface area contributed by atoms with Crippen LogP contribution in [0.1, 0.15) is 6.92 Å². The van der Waals surface area contributed by atoms with E-state index < -0.39 is 0 Å². The number of ether oxygens (including phenoxy) is 1. The van der Waals surface area contributed by atoms with Gasteiger partial charge in [0.05, 0.1) is 17.3 Å². The molecule has 4 heteroatoms. The molecule has 3 rings (SSSR count). The third-order valence-corrected chi connectivity index (χ3v) is 4.05. The van der Waals surface area contributed by atoms with Crippen LogP contribution >= 0.6 is 11.3 Å². The highest BCUT2D eigenvalue weighted by Gasteiger charge is 2.06. The third kappa shape index (κ3) is 2.90. The fourth-order valence-corrected chi connectivity index (χ4v) is 3.12. The maximum absolute atomic E-state index is 5.28. The molecule has 0 fully saturated rings. The van der Waals surface area contributed by atoms with Crippen molar-refractivity contribution in [1.82, 2.24) is 4.98 Å². The minimum atomic E-state index is 0.863. The second-order valence-corrected chi connectivity index (χ2v) is 5.87. The molecule has 0 bridgehead atoms. The highest BCUT2D eigenvalue weighted by molar-refractivity contribution is 7.22. The molecule has 1 N–H and O–H groups in total. The van der Waals surface area contributed by atoms with Gasteiger partial charge in [-0.2, -0.15) is 0 Å². The fraction of sp³-hybridized carbons (Fsp3) is 0.118. The number of nitrogens with one attached hydrogen (secondary N) is 1. The summed E-state index contributed by atoms with van der Waals surface area (Å²) in [7, 11) is 1.68. The molecule has 0 unspecified atom stereocenters. The van der Waals surface area contributed by atoms with Crippen LogP contribution in [-0.2, 0) is 0 Å². The Bertz CT molecular complexity index is 807. The van der Waals surface area contributed by atoms with E-state index in [0.717, 1.165) is 37.9 Å². The lowest BCUT2D eigenvalue weighted by molar-refractivity contribution is 0.415. The van der Waals surface area contributed by atoms with Gasteiger partial charge in [-0.3, -0.25) is 0 Å². The first-order valence-corrected chi connectivity index (χ1v) is 7.45. The summed E-state index contributed by atoms with van der Waals surface area (Å²) in [6, 6.07) is 14.4. The average molecular weight is 296 g/mol. The molecule has 0 saturated carbocycles. The van der Waals surface area contributed by atoms with Gasteiger partial charge in [-0.15, -0.1) is 0 Å². The van der Waals surface area contributed by atoms with E-state index in [9.17, 15) is 0 Å². The van der Waals surface area contributed by atoms with Crippen molar-refractivity contribution < 1.29 is 4.74 Å². The number of rotatable bonds is 4. The van der Waals surface area contributed by atoms with E-state index in [2.05, 4.69) is 35.1 Å². The number of hydrogen-bond acceptors (Lipinski definition) is 4. The van der Waals surface area contributed by atoms with Crippen LogP contribution in [0.15, 0.2) is 54.7 Å². The summed E-state index contributed by atoms with van der Waals surface area (Å²) in [6.45, 7) is 5.77. The van der Waals surface area contributed by atoms with Crippen LogP contribution in [-0.4, -0.2) is 12.1 Å². The van der Waals surface area contributed by atoms with Gasteiger partial charge in [0.15, 0.2) is 5.13 Å². The van der Waals surface area contributed by atoms with Crippen LogP contribution in [0, 0.1) is 0 Å². The number of hydrogen-bond donors (Lipinski definition) is 1. The quantitative estimate of drug-likeness (QED) is 0.742. The predicted octanol–water partition coefficient (Wildman–Crippen LogP) is 4.92. The molecular formula is C17H16N2OS. The van der Waals surface area contributed by atoms with Crippen LogP contribution in [0.3, 0.4) is 0 Å². The maximum atomic E-state index is 5.28. The van der Waals surface area contributed by atoms with E-state index in [1.54, 1.807) is 18.4 Å². The molecule has 0 saturated heterocycles. The summed E-state index contributed by atoms with van der Waals surface area (Å²) in [4.78, 5) is 4.54. The Morgan fingerprint density at radius 2 is 2.00 bits per heavy atom. The summed E-state index contributed by atoms with van der Waals surface area (Å²) in [6.07, 6.45) is 0. The first kappa shape index (κ1) is 13.6. The van der Waals surface area contributed by atoms with Crippen molar-refractivity contribution in [3.05, 3.63) is 54.7 Å². The van der Waals surface area contributed by atoms with E-state index in [4.69, 9.17) is 4.74 Å². The van der Waals surface area contributed by atoms with Gasteiger partial charge in [-0.1, -0.05) is 36.1 Å². The number of aromatic nitrogens is 1. The molecule has 0 atom stereocenters. The van der Waals surface area contributed by atoms with Crippen LogP contribution in [0.2, 0.25) is 0 Å². The predicted molar refractivity (Wildman–Crippen MR) is 90.0 cm³/mol. The summed E-state index contributed by atoms with van der Waals surface area (Å²) >= 11 is 1.63. The Morgan fingerprint density at radius 1 is 1.19 bits per heavy atom. The Kier molecular flexibility index (Phi) is 3.62. The first-order valence-electron chi connectivity index (χ1n) is 6.63. The molecule has 3 nitrogen and oxygen atoms in total. The lowest BCUT2D eigenvalue weighted by atomic mass is 10.1. The Morgan fingerprint density at radius 3 is 2.76 bits per heavy atom. The van der Waals surface area contributed by atoms with Crippen LogP contribution in [0.5, 0.6) is 5.75 Å². The monoisotopic (exact) mass is 296 g/mol. The van der Waals surface area contributed by atoms with E-state index in [0.29, 0.717) is 0 Å². The molecule has 3 aromatic rings. The zero-order valence-electron chi connectivity index (χ0n) is 12.0. The van der Waals surface area contributed by atoms with E-state index in [1.807, 2.05) is 31.2 Å². The highest BCUT2D eigenvalue weighted by atomic mass is 32.1. The van der Waals surface area contributed by atoms with Crippen molar-refractivity contribution in [2.45, 2.75) is 6.92 Å². The number of nitrogens with zero attached hydrogens (tertiary/aromatic N) is 1. The van der Waals surface area contributed by atoms with Crippen LogP contribution in [0.4, 0.5) is 5.13 Å². The van der Waals surface area contributed by atoms with Gasteiger partial charge < -0.3 is 10.1 Å². The Labute approximate surface area is 127 Å². The molecule has 0 amide bonds. The topological polar surface area (TPSA) is 34.2 Å². The van der Waals surface area contributed by atoms with Gasteiger partial charge in [0.2, 0.25) is 0 Å². The normalized spacial score (nSPS) is 10.6. The second-order valence-electron chi connectivity index (χ2n) is 4.84. The summed E-state index contributed by atoms with van der Waals surface area (Å²) in [5, 5.41) is 4.04. The van der Waals surface area contributed by atoms with Gasteiger partial charge in [0.25, 0.3) is 0 Å². The zero-order chi connectivity index (χ0) is 14.8. The number of benzene rings is 2. The van der Waals surface area contributed by atoms with Gasteiger partial charge in [0, 0.05) is 5.70 Å². The zero-order valence-corrected chi connectivity index (χ0v) is 12.8. The minimum Gasteiger partial charge on any atom is -0.497 e. The number of methoxy groups -OCH3 is 1. The van der Waals surface area contributed by atoms with Gasteiger partial charge >= 0.3 is 0 Å². The molecule has 106 valence electrons. The van der Waals surface area contributed by atoms with E-state index in [-0.39, 0.29) is 0 Å². The molecule has 0 spiro atoms. The molecule has 0 radical (unpaired) electrons. The lowest BCUT2D eigenvalue weighted by Gasteiger charge is -2.04. The van der Waals surface area contributed by atoms with Crippen LogP contribution < -0.4 is 10.1 Å². The molecule has 21 heavy (non-hydrogen) atoms. The molecule has 1 heterocycles. The smallest absolute Gasteiger partial charge is 0.188 e. The Balaban J connectivity index is 2.01. The van der Waals surface area contributed by atoms with Crippen molar-refractivity contribution in [2.75, 3.05) is 12.4 Å². The van der Waals surface area contributed by atoms with Crippen molar-refractivity contribution in [3.63, 3.8) is 0 Å². The fourth-order valence-electron chi connectivity index (χ4n) is 2.14. The lowest BCUT2D eigenvalue weighted by Crippen LogP contribution is -1.91. The second kappa shape index (κ2) is 5.58. The van der Waals surface area contributed by atoms with Crippen molar-refractivity contribution in [1.29, 1.82) is 0 Å². The van der Waals surface area contributed by atoms with Crippen molar-refractivity contribution in [3.8, 4) is 16.9 Å². The third-order valence-electron chi connectivity index (χ3n) is 3.11. The molecule has 2 aromatic carbocycles. The number of thiazole rings is 1. The average Bonchev–Trinajstić information content (AvgIpc) is 2.87. The largest absolute Gasteiger partial charge is 0.497 e. The van der Waals surface area contributed by atoms with Gasteiger partial charge in [0.1, 0.15) is 5.75 Å². The minimum absolute atomic E-state index is 0.863. The van der Waals surface area contributed by atoms with Crippen LogP contribution in [0.25, 0.3) is 21.3 Å². The summed E-state index contributed by atoms with van der Waals surface area (Å²) in [5.74, 6) is 0.863. The molecular weight excluding hydrogens is 280 g/mol. The molecule has 0 aliphatic heterocycles. The van der Waals surface area contributed by atoms with E-state index in [1.165, 1.54) is 0 Å². The Hall–Kier alpha value is -2.33. The standard InChI is InChI=1S/C17H16N2OS/c1-11(2)18-17-19-15-8-7-13(10-16(15)21-17)12-5-4-6-14(9-12)20-3/h4-10H,1H2,2-3H3,(H,18,19). The SMILES string of the molecule is C=C(C)Nc1nc2ccc(-c3cccc(OC)c3)cc2s1. The number of allylic oxidation sites excluding steroid dienone is 1. The molecule has 0 aliphatic rings. The molecule has 1 aromatic heterocycles. The maximum Gasteiger partial charge on any atom is 0.188 e. The number of anilines is 1. The van der Waals surface area contributed by atoms with Crippen molar-refractivity contribution >= 4 is 26.7 Å². The summed E-state index contributed by atoms with van der Waals surface area (Å²) < 4.78 is 6.43. The molecule has 0 aliphatic carbocycles. The van der Waals surface area contributed by atoms with Crippen molar-refractivity contribution in [2.24, 2.45) is 0 Å². The van der Waals surface area contributed by atoms with E-state index >= 15 is 0 Å². The summed E-state index contributed by atoms with van der Waals surface area (Å²) in [5.41, 5.74) is 4.18. The number of fused-ring (bicyclic) bond motifs is 1. The van der Waals surface area contributed by atoms with Gasteiger partial charge in [-0.25, -0.2) is 4.98 Å². The first-order chi connectivity index (χ1) is 10.2. The van der Waals surface area contributed by atoms with Gasteiger partial charge in [-0.05, 0) is 42.3 Å².